The van der Waals surface area contributed by atoms with Gasteiger partial charge in [-0.15, -0.1) is 0 Å². The van der Waals surface area contributed by atoms with E-state index in [9.17, 15) is 0 Å². The van der Waals surface area contributed by atoms with E-state index >= 15 is 0 Å². The van der Waals surface area contributed by atoms with Gasteiger partial charge in [-0.25, -0.2) is 0 Å². The van der Waals surface area contributed by atoms with Crippen molar-refractivity contribution in [3.05, 3.63) is 40.6 Å². The largest absolute Gasteiger partial charge is 0.322 e. The number of hydrogen-bond acceptors (Lipinski definition) is 2. The number of pyridine rings is 1. The molecule has 3 rings (SSSR count). The number of rotatable bonds is 2. The van der Waals surface area contributed by atoms with Crippen LogP contribution in [0.25, 0.3) is 10.9 Å². The molecule has 2 heteroatoms. The smallest absolute Gasteiger partial charge is 0.0709 e. The van der Waals surface area contributed by atoms with Gasteiger partial charge in [-0.2, -0.15) is 0 Å². The summed E-state index contributed by atoms with van der Waals surface area (Å²) in [5.74, 6) is 0. The molecule has 0 bridgehead atoms. The van der Waals surface area contributed by atoms with Crippen LogP contribution in [0.2, 0.25) is 0 Å². The lowest BCUT2D eigenvalue weighted by molar-refractivity contribution is 0.553. The molecular weight excluding hydrogens is 232 g/mol. The molecule has 0 spiro atoms. The highest BCUT2D eigenvalue weighted by Gasteiger charge is 2.27. The summed E-state index contributed by atoms with van der Waals surface area (Å²) in [5.41, 5.74) is 12.6. The molecule has 0 radical (unpaired) electrons. The molecule has 0 saturated heterocycles. The number of aryl methyl sites for hydroxylation is 2. The van der Waals surface area contributed by atoms with Crippen LogP contribution in [0.4, 0.5) is 0 Å². The standard InChI is InChI=1S/C17H22N2/c1-4-11-8-9-15-13(10-11)16(17(2,3)18)12-6-5-7-14(12)19-15/h8-10H,4-7,18H2,1-3H3. The maximum absolute atomic E-state index is 6.46. The minimum absolute atomic E-state index is 0.304. The Morgan fingerprint density at radius 2 is 2.05 bits per heavy atom. The van der Waals surface area contributed by atoms with E-state index in [0.717, 1.165) is 24.8 Å². The first-order valence-corrected chi connectivity index (χ1v) is 7.24. The van der Waals surface area contributed by atoms with E-state index in [1.807, 2.05) is 0 Å². The van der Waals surface area contributed by atoms with Gasteiger partial charge >= 0.3 is 0 Å². The van der Waals surface area contributed by atoms with Crippen molar-refractivity contribution in [1.82, 2.24) is 4.98 Å². The van der Waals surface area contributed by atoms with E-state index in [-0.39, 0.29) is 5.54 Å². The SMILES string of the molecule is CCc1ccc2nc3c(c(C(C)(C)N)c2c1)CCC3. The first-order chi connectivity index (χ1) is 9.00. The molecule has 19 heavy (non-hydrogen) atoms. The highest BCUT2D eigenvalue weighted by molar-refractivity contribution is 5.85. The highest BCUT2D eigenvalue weighted by atomic mass is 14.8. The van der Waals surface area contributed by atoms with Gasteiger partial charge in [0.15, 0.2) is 0 Å². The average Bonchev–Trinajstić information content (AvgIpc) is 2.80. The van der Waals surface area contributed by atoms with Crippen LogP contribution in [0.3, 0.4) is 0 Å². The lowest BCUT2D eigenvalue weighted by Crippen LogP contribution is -2.30. The number of nitrogens with zero attached hydrogens (tertiary/aromatic N) is 1. The summed E-state index contributed by atoms with van der Waals surface area (Å²) < 4.78 is 0. The topological polar surface area (TPSA) is 38.9 Å². The zero-order valence-corrected chi connectivity index (χ0v) is 12.1. The highest BCUT2D eigenvalue weighted by Crippen LogP contribution is 2.35. The predicted octanol–water partition coefficient (Wildman–Crippen LogP) is 3.48. The van der Waals surface area contributed by atoms with Gasteiger partial charge in [0.25, 0.3) is 0 Å². The Labute approximate surface area is 115 Å². The van der Waals surface area contributed by atoms with Crippen molar-refractivity contribution >= 4 is 10.9 Å². The van der Waals surface area contributed by atoms with E-state index in [1.54, 1.807) is 0 Å². The Morgan fingerprint density at radius 3 is 2.74 bits per heavy atom. The molecule has 0 amide bonds. The van der Waals surface area contributed by atoms with Crippen molar-refractivity contribution in [3.63, 3.8) is 0 Å². The quantitative estimate of drug-likeness (QED) is 0.891. The van der Waals surface area contributed by atoms with Gasteiger partial charge in [0, 0.05) is 16.6 Å². The van der Waals surface area contributed by atoms with Crippen molar-refractivity contribution in [3.8, 4) is 0 Å². The lowest BCUT2D eigenvalue weighted by atomic mass is 9.86. The molecular formula is C17H22N2. The lowest BCUT2D eigenvalue weighted by Gasteiger charge is -2.25. The number of nitrogens with two attached hydrogens (primary N) is 1. The van der Waals surface area contributed by atoms with Gasteiger partial charge in [-0.3, -0.25) is 4.98 Å². The Balaban J connectivity index is 2.39. The fourth-order valence-corrected chi connectivity index (χ4v) is 3.27. The molecule has 0 atom stereocenters. The monoisotopic (exact) mass is 254 g/mol. The summed E-state index contributed by atoms with van der Waals surface area (Å²) in [5, 5.41) is 1.26. The zero-order chi connectivity index (χ0) is 13.6. The number of aromatic nitrogens is 1. The first-order valence-electron chi connectivity index (χ1n) is 7.24. The second kappa shape index (κ2) is 4.31. The third-order valence-electron chi connectivity index (χ3n) is 4.13. The molecule has 100 valence electrons. The van der Waals surface area contributed by atoms with Crippen molar-refractivity contribution in [1.29, 1.82) is 0 Å². The molecule has 1 aromatic carbocycles. The van der Waals surface area contributed by atoms with Gasteiger partial charge in [-0.1, -0.05) is 13.0 Å². The summed E-state index contributed by atoms with van der Waals surface area (Å²) in [6, 6.07) is 6.62. The maximum atomic E-state index is 6.46. The Hall–Kier alpha value is -1.41. The Morgan fingerprint density at radius 1 is 1.26 bits per heavy atom. The summed E-state index contributed by atoms with van der Waals surface area (Å²) in [6.07, 6.45) is 4.49. The molecule has 0 saturated carbocycles. The molecule has 0 aliphatic heterocycles. The molecule has 2 N–H and O–H groups in total. The molecule has 1 aromatic heterocycles. The van der Waals surface area contributed by atoms with E-state index in [2.05, 4.69) is 39.0 Å². The minimum atomic E-state index is -0.304. The second-order valence-corrected chi connectivity index (χ2v) is 6.19. The van der Waals surface area contributed by atoms with E-state index < -0.39 is 0 Å². The third-order valence-corrected chi connectivity index (χ3v) is 4.13. The fourth-order valence-electron chi connectivity index (χ4n) is 3.27. The van der Waals surface area contributed by atoms with Crippen LogP contribution in [0.1, 0.15) is 49.6 Å². The molecule has 2 nitrogen and oxygen atoms in total. The number of fused-ring (bicyclic) bond motifs is 2. The van der Waals surface area contributed by atoms with Crippen LogP contribution in [0, 0.1) is 0 Å². The van der Waals surface area contributed by atoms with Crippen LogP contribution in [-0.2, 0) is 24.8 Å². The van der Waals surface area contributed by atoms with Gasteiger partial charge in [-0.05, 0) is 68.4 Å². The normalized spacial score (nSPS) is 14.9. The minimum Gasteiger partial charge on any atom is -0.322 e. The van der Waals surface area contributed by atoms with Gasteiger partial charge in [0.2, 0.25) is 0 Å². The van der Waals surface area contributed by atoms with Crippen LogP contribution in [-0.4, -0.2) is 4.98 Å². The number of benzene rings is 1. The first kappa shape index (κ1) is 12.6. The van der Waals surface area contributed by atoms with Gasteiger partial charge in [0.1, 0.15) is 0 Å². The molecule has 0 fully saturated rings. The predicted molar refractivity (Wildman–Crippen MR) is 80.4 cm³/mol. The summed E-state index contributed by atoms with van der Waals surface area (Å²) in [4.78, 5) is 4.85. The maximum Gasteiger partial charge on any atom is 0.0709 e. The number of hydrogen-bond donors (Lipinski definition) is 1. The van der Waals surface area contributed by atoms with Crippen molar-refractivity contribution in [2.45, 2.75) is 52.0 Å². The third kappa shape index (κ3) is 2.04. The Kier molecular flexibility index (Phi) is 2.86. The second-order valence-electron chi connectivity index (χ2n) is 6.19. The van der Waals surface area contributed by atoms with Crippen LogP contribution >= 0.6 is 0 Å². The molecule has 0 unspecified atom stereocenters. The zero-order valence-electron chi connectivity index (χ0n) is 12.1. The summed E-state index contributed by atoms with van der Waals surface area (Å²) in [6.45, 7) is 6.41. The average molecular weight is 254 g/mol. The van der Waals surface area contributed by atoms with Crippen molar-refractivity contribution < 1.29 is 0 Å². The van der Waals surface area contributed by atoms with Gasteiger partial charge < -0.3 is 5.73 Å². The molecule has 1 aliphatic carbocycles. The molecule has 1 heterocycles. The van der Waals surface area contributed by atoms with E-state index in [1.165, 1.54) is 34.2 Å². The van der Waals surface area contributed by atoms with Gasteiger partial charge in [0.05, 0.1) is 5.52 Å². The van der Waals surface area contributed by atoms with Crippen molar-refractivity contribution in [2.24, 2.45) is 5.73 Å². The molecule has 2 aromatic rings. The fraction of sp³-hybridized carbons (Fsp3) is 0.471. The van der Waals surface area contributed by atoms with E-state index in [0.29, 0.717) is 0 Å². The van der Waals surface area contributed by atoms with Crippen LogP contribution < -0.4 is 5.73 Å². The Bertz CT molecular complexity index is 636. The molecule has 1 aliphatic rings. The summed E-state index contributed by atoms with van der Waals surface area (Å²) in [7, 11) is 0. The van der Waals surface area contributed by atoms with Crippen LogP contribution in [0.15, 0.2) is 18.2 Å². The van der Waals surface area contributed by atoms with Crippen LogP contribution in [0.5, 0.6) is 0 Å². The van der Waals surface area contributed by atoms with E-state index in [4.69, 9.17) is 10.7 Å². The van der Waals surface area contributed by atoms with Crippen molar-refractivity contribution in [2.75, 3.05) is 0 Å². The summed E-state index contributed by atoms with van der Waals surface area (Å²) >= 11 is 0.